The number of nitriles is 1. The van der Waals surface area contributed by atoms with Crippen LogP contribution in [0.4, 0.5) is 4.39 Å². The molecular weight excluding hydrogens is 347 g/mol. The molecule has 0 unspecified atom stereocenters. The number of aryl methyl sites for hydroxylation is 1. The van der Waals surface area contributed by atoms with Crippen molar-refractivity contribution in [2.24, 2.45) is 13.0 Å². The first-order valence-electron chi connectivity index (χ1n) is 7.66. The van der Waals surface area contributed by atoms with Crippen molar-refractivity contribution in [3.8, 4) is 6.07 Å². The average molecular weight is 364 g/mol. The highest BCUT2D eigenvalue weighted by atomic mass is 32.2. The van der Waals surface area contributed by atoms with Gasteiger partial charge in [-0.3, -0.25) is 4.68 Å². The summed E-state index contributed by atoms with van der Waals surface area (Å²) in [6, 6.07) is 5.06. The van der Waals surface area contributed by atoms with Gasteiger partial charge in [-0.15, -0.1) is 0 Å². The average Bonchev–Trinajstić information content (AvgIpc) is 3.20. The number of halogens is 1. The topological polar surface area (TPSA) is 99.2 Å². The highest BCUT2D eigenvalue weighted by Gasteiger charge is 2.41. The van der Waals surface area contributed by atoms with Gasteiger partial charge in [-0.1, -0.05) is 0 Å². The minimum atomic E-state index is -4.06. The molecule has 1 saturated heterocycles. The Balaban J connectivity index is 1.92. The van der Waals surface area contributed by atoms with E-state index in [4.69, 9.17) is 5.26 Å². The predicted molar refractivity (Wildman–Crippen MR) is 86.4 cm³/mol. The largest absolute Gasteiger partial charge is 0.396 e. The Bertz CT molecular complexity index is 935. The summed E-state index contributed by atoms with van der Waals surface area (Å²) in [6.45, 7) is 0.0535. The second-order valence-electron chi connectivity index (χ2n) is 6.08. The molecule has 1 aromatic carbocycles. The maximum atomic E-state index is 14.2. The van der Waals surface area contributed by atoms with Crippen LogP contribution in [0.2, 0.25) is 0 Å². The van der Waals surface area contributed by atoms with E-state index in [1.54, 1.807) is 30.2 Å². The lowest BCUT2D eigenvalue weighted by atomic mass is 9.92. The van der Waals surface area contributed by atoms with Crippen LogP contribution in [0.3, 0.4) is 0 Å². The summed E-state index contributed by atoms with van der Waals surface area (Å²) in [5, 5.41) is 22.5. The summed E-state index contributed by atoms with van der Waals surface area (Å²) in [5.41, 5.74) is 0.888. The van der Waals surface area contributed by atoms with Gasteiger partial charge in [-0.2, -0.15) is 14.7 Å². The summed E-state index contributed by atoms with van der Waals surface area (Å²) < 4.78 is 42.6. The van der Waals surface area contributed by atoms with Gasteiger partial charge in [0.25, 0.3) is 0 Å². The first-order valence-corrected chi connectivity index (χ1v) is 9.10. The number of aliphatic hydroxyl groups excluding tert-OH is 1. The van der Waals surface area contributed by atoms with Crippen LogP contribution in [0.15, 0.2) is 35.5 Å². The third-order valence-electron chi connectivity index (χ3n) is 4.47. The molecule has 2 atom stereocenters. The number of nitrogens with zero attached hydrogens (tertiary/aromatic N) is 4. The molecule has 7 nitrogen and oxygen atoms in total. The summed E-state index contributed by atoms with van der Waals surface area (Å²) in [4.78, 5) is -0.463. The van der Waals surface area contributed by atoms with Crippen molar-refractivity contribution < 1.29 is 17.9 Å². The van der Waals surface area contributed by atoms with E-state index in [2.05, 4.69) is 5.10 Å². The number of hydrogen-bond donors (Lipinski definition) is 1. The Kier molecular flexibility index (Phi) is 4.60. The number of sulfonamides is 1. The SMILES string of the molecule is Cn1cc([C@@H]2CN(S(=O)(=O)c3ccc(C#N)cc3F)C[C@H]2CO)cn1. The Hall–Kier alpha value is -2.28. The van der Waals surface area contributed by atoms with E-state index in [0.29, 0.717) is 0 Å². The molecule has 1 N–H and O–H groups in total. The van der Waals surface area contributed by atoms with Gasteiger partial charge in [0.05, 0.1) is 17.8 Å². The van der Waals surface area contributed by atoms with Gasteiger partial charge in [-0.25, -0.2) is 12.8 Å². The smallest absolute Gasteiger partial charge is 0.246 e. The van der Waals surface area contributed by atoms with E-state index < -0.39 is 20.7 Å². The van der Waals surface area contributed by atoms with Crippen LogP contribution in [-0.4, -0.2) is 47.3 Å². The van der Waals surface area contributed by atoms with E-state index in [1.807, 2.05) is 0 Å². The van der Waals surface area contributed by atoms with Crippen molar-refractivity contribution in [1.29, 1.82) is 5.26 Å². The second-order valence-corrected chi connectivity index (χ2v) is 7.98. The number of aliphatic hydroxyl groups is 1. The molecule has 3 rings (SSSR count). The van der Waals surface area contributed by atoms with Crippen LogP contribution >= 0.6 is 0 Å². The number of benzene rings is 1. The van der Waals surface area contributed by atoms with Crippen LogP contribution in [0, 0.1) is 23.1 Å². The van der Waals surface area contributed by atoms with Crippen LogP contribution in [0.1, 0.15) is 17.0 Å². The van der Waals surface area contributed by atoms with E-state index in [1.165, 1.54) is 10.4 Å². The van der Waals surface area contributed by atoms with Crippen molar-refractivity contribution in [1.82, 2.24) is 14.1 Å². The molecule has 2 heterocycles. The molecule has 0 bridgehead atoms. The molecule has 9 heteroatoms. The fraction of sp³-hybridized carbons (Fsp3) is 0.375. The predicted octanol–water partition coefficient (Wildman–Crippen LogP) is 0.827. The van der Waals surface area contributed by atoms with E-state index in [0.717, 1.165) is 17.7 Å². The highest BCUT2D eigenvalue weighted by molar-refractivity contribution is 7.89. The molecule has 1 aliphatic rings. The molecule has 1 fully saturated rings. The van der Waals surface area contributed by atoms with Crippen molar-refractivity contribution in [3.05, 3.63) is 47.5 Å². The van der Waals surface area contributed by atoms with Gasteiger partial charge in [0.1, 0.15) is 10.7 Å². The molecule has 0 saturated carbocycles. The van der Waals surface area contributed by atoms with Crippen LogP contribution in [0.5, 0.6) is 0 Å². The molecular formula is C16H17FN4O3S. The lowest BCUT2D eigenvalue weighted by Gasteiger charge is -2.17. The van der Waals surface area contributed by atoms with Gasteiger partial charge in [-0.05, 0) is 23.8 Å². The van der Waals surface area contributed by atoms with E-state index in [-0.39, 0.29) is 37.1 Å². The fourth-order valence-corrected chi connectivity index (χ4v) is 4.71. The molecule has 132 valence electrons. The summed E-state index contributed by atoms with van der Waals surface area (Å²) in [6.07, 6.45) is 3.43. The Morgan fingerprint density at radius 3 is 2.76 bits per heavy atom. The van der Waals surface area contributed by atoms with E-state index >= 15 is 0 Å². The first kappa shape index (κ1) is 17.5. The maximum absolute atomic E-state index is 14.2. The minimum Gasteiger partial charge on any atom is -0.396 e. The van der Waals surface area contributed by atoms with Crippen LogP contribution in [0.25, 0.3) is 0 Å². The monoisotopic (exact) mass is 364 g/mol. The van der Waals surface area contributed by atoms with Crippen molar-refractivity contribution in [2.45, 2.75) is 10.8 Å². The molecule has 0 amide bonds. The number of hydrogen-bond acceptors (Lipinski definition) is 5. The zero-order chi connectivity index (χ0) is 18.2. The first-order chi connectivity index (χ1) is 11.9. The van der Waals surface area contributed by atoms with Crippen LogP contribution < -0.4 is 0 Å². The van der Waals surface area contributed by atoms with Crippen LogP contribution in [-0.2, 0) is 17.1 Å². The Labute approximate surface area is 145 Å². The molecule has 0 spiro atoms. The molecule has 25 heavy (non-hydrogen) atoms. The number of aromatic nitrogens is 2. The Morgan fingerprint density at radius 1 is 1.44 bits per heavy atom. The lowest BCUT2D eigenvalue weighted by molar-refractivity contribution is 0.223. The minimum absolute atomic E-state index is 0.0549. The van der Waals surface area contributed by atoms with Crippen molar-refractivity contribution in [3.63, 3.8) is 0 Å². The van der Waals surface area contributed by atoms with Crippen molar-refractivity contribution in [2.75, 3.05) is 19.7 Å². The molecule has 1 aromatic heterocycles. The quantitative estimate of drug-likeness (QED) is 0.866. The highest BCUT2D eigenvalue weighted by Crippen LogP contribution is 2.35. The summed E-state index contributed by atoms with van der Waals surface area (Å²) in [5.74, 6) is -1.46. The van der Waals surface area contributed by atoms with Gasteiger partial charge in [0.2, 0.25) is 10.0 Å². The second kappa shape index (κ2) is 6.55. The third-order valence-corrected chi connectivity index (χ3v) is 6.34. The van der Waals surface area contributed by atoms with E-state index in [9.17, 15) is 17.9 Å². The summed E-state index contributed by atoms with van der Waals surface area (Å²) >= 11 is 0. The zero-order valence-electron chi connectivity index (χ0n) is 13.5. The molecule has 2 aromatic rings. The third kappa shape index (κ3) is 3.16. The van der Waals surface area contributed by atoms with Gasteiger partial charge < -0.3 is 5.11 Å². The Morgan fingerprint density at radius 2 is 2.20 bits per heavy atom. The summed E-state index contributed by atoms with van der Waals surface area (Å²) in [7, 11) is -2.30. The van der Waals surface area contributed by atoms with Gasteiger partial charge in [0, 0.05) is 44.8 Å². The van der Waals surface area contributed by atoms with Gasteiger partial charge in [0.15, 0.2) is 0 Å². The maximum Gasteiger partial charge on any atom is 0.246 e. The van der Waals surface area contributed by atoms with Crippen molar-refractivity contribution >= 4 is 10.0 Å². The fourth-order valence-electron chi connectivity index (χ4n) is 3.14. The molecule has 0 aliphatic carbocycles. The molecule has 0 radical (unpaired) electrons. The van der Waals surface area contributed by atoms with Gasteiger partial charge >= 0.3 is 0 Å². The molecule has 1 aliphatic heterocycles. The normalized spacial score (nSPS) is 21.4. The zero-order valence-corrected chi connectivity index (χ0v) is 14.3. The standard InChI is InChI=1S/C16H17FN4O3S/c1-20-7-12(6-19-20)14-9-21(8-13(14)10-22)25(23,24)16-3-2-11(5-18)4-15(16)17/h2-4,6-7,13-14,22H,8-10H2,1H3/t13-,14-/m0/s1. The number of rotatable bonds is 4. The lowest BCUT2D eigenvalue weighted by Crippen LogP contribution is -2.30.